The van der Waals surface area contributed by atoms with E-state index in [4.69, 9.17) is 4.74 Å². The summed E-state index contributed by atoms with van der Waals surface area (Å²) < 4.78 is 6.28. The van der Waals surface area contributed by atoms with Gasteiger partial charge in [-0.25, -0.2) is 0 Å². The van der Waals surface area contributed by atoms with Crippen LogP contribution in [-0.4, -0.2) is 23.3 Å². The molecule has 1 aliphatic rings. The summed E-state index contributed by atoms with van der Waals surface area (Å²) in [7, 11) is 0. The molecule has 2 aromatic rings. The number of ether oxygens (including phenoxy) is 1. The van der Waals surface area contributed by atoms with E-state index < -0.39 is 0 Å². The third-order valence-electron chi connectivity index (χ3n) is 7.75. The van der Waals surface area contributed by atoms with E-state index >= 15 is 0 Å². The highest BCUT2D eigenvalue weighted by molar-refractivity contribution is 8.93. The van der Waals surface area contributed by atoms with Crippen LogP contribution in [0.3, 0.4) is 0 Å². The number of hydrogen-bond acceptors (Lipinski definition) is 4. The van der Waals surface area contributed by atoms with Crippen molar-refractivity contribution in [2.75, 3.05) is 17.8 Å². The molecule has 1 heterocycles. The van der Waals surface area contributed by atoms with Gasteiger partial charge in [0.15, 0.2) is 0 Å². The summed E-state index contributed by atoms with van der Waals surface area (Å²) in [5, 5.41) is 5.27. The monoisotopic (exact) mass is 658 g/mol. The molecule has 1 amide bonds. The van der Waals surface area contributed by atoms with Crippen LogP contribution in [0.2, 0.25) is 0 Å². The second-order valence-corrected chi connectivity index (χ2v) is 13.4. The summed E-state index contributed by atoms with van der Waals surface area (Å²) >= 11 is 1.79. The lowest BCUT2D eigenvalue weighted by molar-refractivity contribution is -0.115. The van der Waals surface area contributed by atoms with E-state index in [0.717, 1.165) is 48.0 Å². The van der Waals surface area contributed by atoms with Gasteiger partial charge in [-0.3, -0.25) is 4.79 Å². The minimum atomic E-state index is -0.0633. The number of amides is 1. The smallest absolute Gasteiger partial charge is 0.228 e. The first-order chi connectivity index (χ1) is 19.9. The number of anilines is 1. The average Bonchev–Trinajstić information content (AvgIpc) is 3.45. The van der Waals surface area contributed by atoms with E-state index in [1.165, 1.54) is 76.2 Å². The Morgan fingerprint density at radius 2 is 1.55 bits per heavy atom. The van der Waals surface area contributed by atoms with Crippen molar-refractivity contribution in [3.63, 3.8) is 0 Å². The van der Waals surface area contributed by atoms with Gasteiger partial charge in [-0.05, 0) is 46.1 Å². The molecule has 0 aromatic heterocycles. The van der Waals surface area contributed by atoms with Gasteiger partial charge in [0, 0.05) is 18.4 Å². The maximum Gasteiger partial charge on any atom is 0.228 e. The van der Waals surface area contributed by atoms with Crippen LogP contribution >= 0.6 is 28.7 Å². The van der Waals surface area contributed by atoms with Gasteiger partial charge in [0.2, 0.25) is 5.91 Å². The maximum absolute atomic E-state index is 13.1. The van der Waals surface area contributed by atoms with Gasteiger partial charge in [0.05, 0.1) is 18.9 Å². The largest absolute Gasteiger partial charge is 0.493 e. The highest BCUT2D eigenvalue weighted by Gasteiger charge is 2.20. The number of rotatable bonds is 19. The number of benzene rings is 2. The summed E-state index contributed by atoms with van der Waals surface area (Å²) in [6.45, 7) is 10.5. The zero-order chi connectivity index (χ0) is 29.3. The Labute approximate surface area is 271 Å². The van der Waals surface area contributed by atoms with Gasteiger partial charge in [-0.15, -0.1) is 28.7 Å². The molecule has 0 saturated heterocycles. The molecule has 0 aliphatic carbocycles. The third kappa shape index (κ3) is 13.6. The fraction of sp³-hybridized carbons (Fsp3) is 0.583. The number of nitrogens with one attached hydrogen (secondary N) is 1. The molecule has 6 heteroatoms. The van der Waals surface area contributed by atoms with Crippen LogP contribution in [-0.2, 0) is 23.2 Å². The summed E-state index contributed by atoms with van der Waals surface area (Å²) in [5.74, 6) is 1.91. The number of carbonyl (C=O) groups is 1. The summed E-state index contributed by atoms with van der Waals surface area (Å²) in [5.41, 5.74) is 4.14. The lowest BCUT2D eigenvalue weighted by Gasteiger charge is -2.24. The first-order valence-electron chi connectivity index (χ1n) is 16.0. The Morgan fingerprint density at radius 3 is 2.17 bits per heavy atom. The van der Waals surface area contributed by atoms with Crippen LogP contribution in [0, 0.1) is 0 Å². The zero-order valence-corrected chi connectivity index (χ0v) is 29.1. The van der Waals surface area contributed by atoms with Crippen LogP contribution in [0.1, 0.15) is 121 Å². The van der Waals surface area contributed by atoms with Crippen molar-refractivity contribution < 1.29 is 9.53 Å². The Kier molecular flexibility index (Phi) is 17.4. The van der Waals surface area contributed by atoms with E-state index in [0.29, 0.717) is 6.42 Å². The number of thioether (sulfide) groups is 1. The van der Waals surface area contributed by atoms with Crippen molar-refractivity contribution in [1.82, 2.24) is 4.90 Å². The molecular weight excluding hydrogens is 604 g/mol. The lowest BCUT2D eigenvalue weighted by atomic mass is 9.85. The summed E-state index contributed by atoms with van der Waals surface area (Å²) in [6.07, 6.45) is 18.6. The van der Waals surface area contributed by atoms with Crippen molar-refractivity contribution in [2.24, 2.45) is 0 Å². The third-order valence-corrected chi connectivity index (χ3v) is 8.54. The second kappa shape index (κ2) is 20.1. The molecule has 0 fully saturated rings. The van der Waals surface area contributed by atoms with E-state index in [9.17, 15) is 4.79 Å². The number of halogens is 1. The highest BCUT2D eigenvalue weighted by Crippen LogP contribution is 2.33. The predicted octanol–water partition coefficient (Wildman–Crippen LogP) is 10.8. The summed E-state index contributed by atoms with van der Waals surface area (Å²) in [6, 6.07) is 14.4. The molecule has 1 aliphatic heterocycles. The molecule has 0 radical (unpaired) electrons. The van der Waals surface area contributed by atoms with Gasteiger partial charge in [0.1, 0.15) is 5.75 Å². The fourth-order valence-electron chi connectivity index (χ4n) is 5.31. The van der Waals surface area contributed by atoms with Crippen LogP contribution in [0.25, 0.3) is 0 Å². The number of para-hydroxylation sites is 1. The Bertz CT molecular complexity index is 1080. The molecule has 4 nitrogen and oxygen atoms in total. The normalized spacial score (nSPS) is 12.8. The zero-order valence-electron chi connectivity index (χ0n) is 26.6. The molecule has 0 saturated carbocycles. The van der Waals surface area contributed by atoms with Crippen molar-refractivity contribution in [1.29, 1.82) is 0 Å². The van der Waals surface area contributed by atoms with Gasteiger partial charge in [-0.1, -0.05) is 129 Å². The SMILES string of the molecule is Br.CCCCCCCCCCCCCCOc1ccc(CC(=O)Nc2ccccc2CN2C=CSC2)cc1C(C)(C)C. The minimum absolute atomic E-state index is 0. The van der Waals surface area contributed by atoms with Crippen molar-refractivity contribution >= 4 is 40.3 Å². The Morgan fingerprint density at radius 1 is 0.905 bits per heavy atom. The average molecular weight is 660 g/mol. The second-order valence-electron chi connectivity index (χ2n) is 12.5. The number of carbonyl (C=O) groups excluding carboxylic acids is 1. The molecule has 42 heavy (non-hydrogen) atoms. The van der Waals surface area contributed by atoms with Gasteiger partial charge >= 0.3 is 0 Å². The van der Waals surface area contributed by atoms with E-state index in [2.05, 4.69) is 67.7 Å². The Hall–Kier alpha value is -1.92. The maximum atomic E-state index is 13.1. The van der Waals surface area contributed by atoms with Gasteiger partial charge in [0.25, 0.3) is 0 Å². The molecular formula is C36H55BrN2O2S. The topological polar surface area (TPSA) is 41.6 Å². The molecule has 0 unspecified atom stereocenters. The van der Waals surface area contributed by atoms with Crippen LogP contribution in [0.15, 0.2) is 54.1 Å². The molecule has 0 bridgehead atoms. The molecule has 234 valence electrons. The van der Waals surface area contributed by atoms with Crippen molar-refractivity contribution in [3.8, 4) is 5.75 Å². The highest BCUT2D eigenvalue weighted by atomic mass is 79.9. The predicted molar refractivity (Wildman–Crippen MR) is 188 cm³/mol. The van der Waals surface area contributed by atoms with Crippen LogP contribution in [0.4, 0.5) is 5.69 Å². The molecule has 3 rings (SSSR count). The van der Waals surface area contributed by atoms with Gasteiger partial charge in [-0.2, -0.15) is 0 Å². The van der Waals surface area contributed by atoms with E-state index in [1.54, 1.807) is 11.8 Å². The standard InChI is InChI=1S/C36H54N2O2S.BrH/c1-5-6-7-8-9-10-11-12-13-14-15-18-24-40-34-22-21-30(26-32(34)36(2,3)4)27-35(39)37-33-20-17-16-19-31(33)28-38-23-25-41-29-38;/h16-17,19-23,25-26H,5-15,18,24,27-29H2,1-4H3,(H,37,39);1H. The number of hydrogen-bond donors (Lipinski definition) is 1. The van der Waals surface area contributed by atoms with Crippen molar-refractivity contribution in [3.05, 3.63) is 70.8 Å². The van der Waals surface area contributed by atoms with Crippen LogP contribution in [0.5, 0.6) is 5.75 Å². The quantitative estimate of drug-likeness (QED) is 0.152. The lowest BCUT2D eigenvalue weighted by Crippen LogP contribution is -2.19. The number of unbranched alkanes of at least 4 members (excludes halogenated alkanes) is 11. The fourth-order valence-corrected chi connectivity index (χ4v) is 6.03. The Balaban J connectivity index is 0.00000616. The molecule has 0 spiro atoms. The summed E-state index contributed by atoms with van der Waals surface area (Å²) in [4.78, 5) is 15.3. The van der Waals surface area contributed by atoms with Gasteiger partial charge < -0.3 is 15.0 Å². The van der Waals surface area contributed by atoms with E-state index in [1.807, 2.05) is 24.3 Å². The first-order valence-corrected chi connectivity index (χ1v) is 17.1. The van der Waals surface area contributed by atoms with Crippen molar-refractivity contribution in [2.45, 2.75) is 123 Å². The van der Waals surface area contributed by atoms with E-state index in [-0.39, 0.29) is 28.3 Å². The minimum Gasteiger partial charge on any atom is -0.493 e. The first kappa shape index (κ1) is 36.3. The number of nitrogens with zero attached hydrogens (tertiary/aromatic N) is 1. The molecule has 2 aromatic carbocycles. The molecule has 1 N–H and O–H groups in total. The van der Waals surface area contributed by atoms with Crippen LogP contribution < -0.4 is 10.1 Å². The molecule has 0 atom stereocenters.